The maximum atomic E-state index is 13.5. The average Bonchev–Trinajstić information content (AvgIpc) is 3.36. The third kappa shape index (κ3) is 6.93. The van der Waals surface area contributed by atoms with Gasteiger partial charge in [-0.25, -0.2) is 27.9 Å². The number of hydrogen-bond donors (Lipinski definition) is 4. The summed E-state index contributed by atoms with van der Waals surface area (Å²) >= 11 is 0. The van der Waals surface area contributed by atoms with Crippen LogP contribution in [0.25, 0.3) is 11.8 Å². The molecule has 3 atom stereocenters. The van der Waals surface area contributed by atoms with E-state index in [0.29, 0.717) is 34.3 Å². The standard InChI is InChI=1S/C28H37N7O6S/c1-13-10-14(2)24(15(3)11-13)41-28(38)21-16(4)19(32-25(21)31-18(6)36)12-20-22-23(30-9-8-29-22)26(33-20)34-27(37)17(5)35-42(7,39)40/h8-9,12-15,17,24,32,35H,10-11H2,1-7H3,(H,31,36)(H,33,34,37). The van der Waals surface area contributed by atoms with Gasteiger partial charge in [-0.05, 0) is 56.1 Å². The van der Waals surface area contributed by atoms with Gasteiger partial charge in [0, 0.05) is 25.0 Å². The summed E-state index contributed by atoms with van der Waals surface area (Å²) in [6.45, 7) is 10.9. The molecule has 226 valence electrons. The van der Waals surface area contributed by atoms with Crippen LogP contribution in [0.5, 0.6) is 0 Å². The number of anilines is 1. The molecular weight excluding hydrogens is 562 g/mol. The normalized spacial score (nSPS) is 23.6. The first-order chi connectivity index (χ1) is 19.6. The minimum atomic E-state index is -3.62. The molecule has 2 aromatic rings. The van der Waals surface area contributed by atoms with Crippen LogP contribution < -0.4 is 15.4 Å². The lowest BCUT2D eigenvalue weighted by Gasteiger charge is -2.37. The number of sulfonamides is 1. The van der Waals surface area contributed by atoms with Crippen molar-refractivity contribution in [1.82, 2.24) is 25.0 Å². The number of ether oxygens (including phenoxy) is 1. The van der Waals surface area contributed by atoms with Crippen molar-refractivity contribution in [2.45, 2.75) is 66.5 Å². The zero-order valence-corrected chi connectivity index (χ0v) is 25.5. The van der Waals surface area contributed by atoms with Gasteiger partial charge >= 0.3 is 5.97 Å². The second kappa shape index (κ2) is 12.1. The molecule has 4 rings (SSSR count). The van der Waals surface area contributed by atoms with E-state index >= 15 is 0 Å². The lowest BCUT2D eigenvalue weighted by atomic mass is 9.75. The van der Waals surface area contributed by atoms with Gasteiger partial charge in [0.15, 0.2) is 5.84 Å². The van der Waals surface area contributed by atoms with Crippen LogP contribution in [-0.2, 0) is 24.3 Å². The summed E-state index contributed by atoms with van der Waals surface area (Å²) in [6, 6.07) is -1.06. The molecule has 2 amide bonds. The molecule has 1 fully saturated rings. The summed E-state index contributed by atoms with van der Waals surface area (Å²) in [6.07, 6.45) is 7.19. The molecule has 0 spiro atoms. The van der Waals surface area contributed by atoms with Crippen LogP contribution in [0.15, 0.2) is 17.4 Å². The highest BCUT2D eigenvalue weighted by Crippen LogP contribution is 2.37. The zero-order valence-electron chi connectivity index (χ0n) is 24.7. The first kappa shape index (κ1) is 31.0. The van der Waals surface area contributed by atoms with Crippen LogP contribution >= 0.6 is 0 Å². The van der Waals surface area contributed by atoms with Gasteiger partial charge in [0.1, 0.15) is 28.9 Å². The van der Waals surface area contributed by atoms with Crippen molar-refractivity contribution in [3.05, 3.63) is 40.6 Å². The summed E-state index contributed by atoms with van der Waals surface area (Å²) in [5.74, 6) is -0.283. The molecule has 1 aliphatic carbocycles. The maximum absolute atomic E-state index is 13.5. The van der Waals surface area contributed by atoms with E-state index in [2.05, 4.69) is 56.1 Å². The quantitative estimate of drug-likeness (QED) is 0.350. The summed E-state index contributed by atoms with van der Waals surface area (Å²) < 4.78 is 31.4. The molecule has 42 heavy (non-hydrogen) atoms. The van der Waals surface area contributed by atoms with Gasteiger partial charge in [-0.3, -0.25) is 14.6 Å². The van der Waals surface area contributed by atoms with E-state index in [1.807, 2.05) is 0 Å². The Kier molecular flexibility index (Phi) is 8.97. The molecule has 0 aromatic carbocycles. The number of aromatic amines is 1. The number of H-pyrrole nitrogens is 1. The largest absolute Gasteiger partial charge is 0.458 e. The predicted octanol–water partition coefficient (Wildman–Crippen LogP) is 2.61. The third-order valence-electron chi connectivity index (χ3n) is 7.41. The minimum Gasteiger partial charge on any atom is -0.458 e. The molecule has 1 aliphatic heterocycles. The molecule has 0 bridgehead atoms. The molecule has 0 radical (unpaired) electrons. The maximum Gasteiger partial charge on any atom is 0.342 e. The molecule has 0 saturated heterocycles. The Bertz CT molecular complexity index is 1570. The monoisotopic (exact) mass is 599 g/mol. The number of amides is 2. The van der Waals surface area contributed by atoms with Crippen LogP contribution in [-0.4, -0.2) is 65.4 Å². The van der Waals surface area contributed by atoms with E-state index < -0.39 is 27.9 Å². The average molecular weight is 600 g/mol. The number of fused-ring (bicyclic) bond motifs is 1. The lowest BCUT2D eigenvalue weighted by Crippen LogP contribution is -2.46. The number of amidine groups is 1. The van der Waals surface area contributed by atoms with Gasteiger partial charge in [0.05, 0.1) is 18.0 Å². The lowest BCUT2D eigenvalue weighted by molar-refractivity contribution is -0.121. The van der Waals surface area contributed by atoms with Crippen molar-refractivity contribution < 1.29 is 27.5 Å². The Hall–Kier alpha value is -3.91. The van der Waals surface area contributed by atoms with Gasteiger partial charge in [-0.2, -0.15) is 0 Å². The number of aromatic nitrogens is 3. The minimum absolute atomic E-state index is 0.0944. The van der Waals surface area contributed by atoms with Gasteiger partial charge in [-0.1, -0.05) is 20.8 Å². The van der Waals surface area contributed by atoms with Gasteiger partial charge in [-0.15, -0.1) is 0 Å². The highest BCUT2D eigenvalue weighted by molar-refractivity contribution is 7.88. The molecular formula is C28H37N7O6S. The number of nitrogens with zero attached hydrogens (tertiary/aromatic N) is 3. The molecule has 1 saturated carbocycles. The zero-order chi connectivity index (χ0) is 30.9. The fraction of sp³-hybridized carbons (Fsp3) is 0.500. The van der Waals surface area contributed by atoms with Crippen molar-refractivity contribution in [3.63, 3.8) is 0 Å². The number of carbonyl (C=O) groups excluding carboxylic acids is 3. The van der Waals surface area contributed by atoms with Gasteiger partial charge in [0.2, 0.25) is 21.8 Å². The summed E-state index contributed by atoms with van der Waals surface area (Å²) in [5, 5.41) is 5.30. The van der Waals surface area contributed by atoms with E-state index in [1.165, 1.54) is 26.2 Å². The van der Waals surface area contributed by atoms with E-state index in [9.17, 15) is 22.8 Å². The van der Waals surface area contributed by atoms with Crippen LogP contribution in [0.3, 0.4) is 0 Å². The molecule has 3 heterocycles. The second-order valence-electron chi connectivity index (χ2n) is 11.3. The molecule has 13 nitrogen and oxygen atoms in total. The number of rotatable bonds is 7. The number of nitrogens with one attached hydrogen (secondary N) is 4. The molecule has 3 unspecified atom stereocenters. The Labute approximate surface area is 245 Å². The molecule has 14 heteroatoms. The van der Waals surface area contributed by atoms with Crippen molar-refractivity contribution >= 4 is 51.2 Å². The van der Waals surface area contributed by atoms with Crippen LogP contribution in [0.4, 0.5) is 5.82 Å². The van der Waals surface area contributed by atoms with Crippen LogP contribution in [0, 0.1) is 24.7 Å². The van der Waals surface area contributed by atoms with E-state index in [4.69, 9.17) is 4.74 Å². The highest BCUT2D eigenvalue weighted by atomic mass is 32.2. The fourth-order valence-corrected chi connectivity index (χ4v) is 6.49. The van der Waals surface area contributed by atoms with Crippen LogP contribution in [0.2, 0.25) is 0 Å². The fourth-order valence-electron chi connectivity index (χ4n) is 5.74. The van der Waals surface area contributed by atoms with Gasteiger partial charge < -0.3 is 20.4 Å². The van der Waals surface area contributed by atoms with Crippen molar-refractivity contribution in [2.75, 3.05) is 11.6 Å². The Morgan fingerprint density at radius 2 is 1.69 bits per heavy atom. The SMILES string of the molecule is CC(=O)Nc1[nH]c(C=C2N=C(NC(=O)C(C)NS(C)(=O)=O)c3nccnc32)c(C)c1C(=O)OC1C(C)CC(C)CC1C. The Balaban J connectivity index is 1.68. The Morgan fingerprint density at radius 3 is 2.29 bits per heavy atom. The number of aliphatic imine (C=N–C) groups is 1. The Morgan fingerprint density at radius 1 is 1.07 bits per heavy atom. The van der Waals surface area contributed by atoms with Crippen molar-refractivity contribution in [1.29, 1.82) is 0 Å². The topological polar surface area (TPSA) is 185 Å². The predicted molar refractivity (Wildman–Crippen MR) is 158 cm³/mol. The smallest absolute Gasteiger partial charge is 0.342 e. The van der Waals surface area contributed by atoms with Crippen molar-refractivity contribution in [2.24, 2.45) is 22.7 Å². The summed E-state index contributed by atoms with van der Waals surface area (Å²) in [5.41, 5.74) is 2.22. The van der Waals surface area contributed by atoms with E-state index in [0.717, 1.165) is 19.1 Å². The first-order valence-electron chi connectivity index (χ1n) is 13.8. The first-order valence-corrected chi connectivity index (χ1v) is 15.6. The van der Waals surface area contributed by atoms with Crippen molar-refractivity contribution in [3.8, 4) is 0 Å². The highest BCUT2D eigenvalue weighted by Gasteiger charge is 2.36. The summed E-state index contributed by atoms with van der Waals surface area (Å²) in [4.78, 5) is 54.5. The number of hydrogen-bond acceptors (Lipinski definition) is 9. The number of esters is 1. The number of carbonyl (C=O) groups is 3. The van der Waals surface area contributed by atoms with Crippen LogP contribution in [0.1, 0.15) is 80.5 Å². The molecule has 2 aromatic heterocycles. The van der Waals surface area contributed by atoms with E-state index in [-0.39, 0.29) is 41.1 Å². The second-order valence-corrected chi connectivity index (χ2v) is 13.1. The van der Waals surface area contributed by atoms with E-state index in [1.54, 1.807) is 13.0 Å². The molecule has 2 aliphatic rings. The van der Waals surface area contributed by atoms with Gasteiger partial charge in [0.25, 0.3) is 0 Å². The third-order valence-corrected chi connectivity index (χ3v) is 8.19. The summed E-state index contributed by atoms with van der Waals surface area (Å²) in [7, 11) is -3.62. The molecule has 4 N–H and O–H groups in total.